The second kappa shape index (κ2) is 53.2. The van der Waals surface area contributed by atoms with Crippen molar-refractivity contribution >= 4 is 17.9 Å². The fourth-order valence-electron chi connectivity index (χ4n) is 7.28. The van der Waals surface area contributed by atoms with Gasteiger partial charge in [-0.2, -0.15) is 0 Å². The highest BCUT2D eigenvalue weighted by Gasteiger charge is 2.19. The van der Waals surface area contributed by atoms with Gasteiger partial charge < -0.3 is 14.2 Å². The average Bonchev–Trinajstić information content (AvgIpc) is 3.30. The molecule has 1 unspecified atom stereocenters. The molecule has 1 atom stereocenters. The molecule has 6 heteroatoms. The summed E-state index contributed by atoms with van der Waals surface area (Å²) in [5.74, 6) is -0.941. The minimum atomic E-state index is -0.798. The summed E-state index contributed by atoms with van der Waals surface area (Å²) < 4.78 is 16.8. The smallest absolute Gasteiger partial charge is 0.306 e. The first-order valence-corrected chi connectivity index (χ1v) is 27.1. The van der Waals surface area contributed by atoms with E-state index < -0.39 is 6.10 Å². The Morgan fingerprint density at radius 2 is 0.600 bits per heavy atom. The standard InChI is InChI=1S/C59H100O6/c1-4-7-10-13-16-19-22-25-27-28-29-30-32-34-37-40-43-46-49-52-58(61)64-55-56(54-63-57(60)51-48-45-42-39-36-33-24-21-18-15-12-9-6-3)65-59(62)53-50-47-44-41-38-35-31-26-23-20-17-14-11-8-5-2/h9,12,16-21,25-27,31,33,36,56H,4-8,10-11,13-15,22-24,28-30,32,34-35,37-55H2,1-3H3/b12-9-,19-16-,20-17-,21-18-,27-25-,31-26-,36-33-. The van der Waals surface area contributed by atoms with E-state index in [9.17, 15) is 14.4 Å². The van der Waals surface area contributed by atoms with Gasteiger partial charge in [-0.3, -0.25) is 14.4 Å². The first kappa shape index (κ1) is 61.6. The highest BCUT2D eigenvalue weighted by molar-refractivity contribution is 5.71. The minimum absolute atomic E-state index is 0.0943. The van der Waals surface area contributed by atoms with Gasteiger partial charge in [0.25, 0.3) is 0 Å². The molecule has 0 amide bonds. The molecule has 0 saturated carbocycles. The SMILES string of the molecule is CC/C=C\C/C=C\C/C=C\CCCCCC(=O)OCC(COC(=O)CCCCCCCCCCC/C=C\C/C=C\CCCCC)OC(=O)CCCCCCC/C=C\C/C=C\CCCCC. The maximum atomic E-state index is 12.8. The second-order valence-electron chi connectivity index (χ2n) is 17.7. The van der Waals surface area contributed by atoms with Gasteiger partial charge in [-0.05, 0) is 116 Å². The van der Waals surface area contributed by atoms with Crippen molar-refractivity contribution in [2.75, 3.05) is 13.2 Å². The first-order valence-electron chi connectivity index (χ1n) is 27.1. The van der Waals surface area contributed by atoms with E-state index in [4.69, 9.17) is 14.2 Å². The Kier molecular flexibility index (Phi) is 50.4. The summed E-state index contributed by atoms with van der Waals surface area (Å²) in [6.07, 6.45) is 68.5. The molecular weight excluding hydrogens is 805 g/mol. The van der Waals surface area contributed by atoms with E-state index in [1.807, 2.05) is 0 Å². The van der Waals surface area contributed by atoms with Crippen LogP contribution in [0, 0.1) is 0 Å². The molecule has 0 aliphatic heterocycles. The van der Waals surface area contributed by atoms with E-state index >= 15 is 0 Å². The number of esters is 3. The maximum Gasteiger partial charge on any atom is 0.306 e. The predicted octanol–water partition coefficient (Wildman–Crippen LogP) is 18.0. The summed E-state index contributed by atoms with van der Waals surface area (Å²) in [5.41, 5.74) is 0. The monoisotopic (exact) mass is 905 g/mol. The molecule has 0 aliphatic carbocycles. The second-order valence-corrected chi connectivity index (χ2v) is 17.7. The van der Waals surface area contributed by atoms with Gasteiger partial charge >= 0.3 is 17.9 Å². The number of hydrogen-bond acceptors (Lipinski definition) is 6. The lowest BCUT2D eigenvalue weighted by Crippen LogP contribution is -2.30. The van der Waals surface area contributed by atoms with E-state index in [0.717, 1.165) is 116 Å². The van der Waals surface area contributed by atoms with Crippen LogP contribution < -0.4 is 0 Å². The average molecular weight is 905 g/mol. The lowest BCUT2D eigenvalue weighted by Gasteiger charge is -2.18. The highest BCUT2D eigenvalue weighted by atomic mass is 16.6. The zero-order valence-corrected chi connectivity index (χ0v) is 42.5. The number of hydrogen-bond donors (Lipinski definition) is 0. The van der Waals surface area contributed by atoms with Gasteiger partial charge in [0, 0.05) is 19.3 Å². The lowest BCUT2D eigenvalue weighted by atomic mass is 10.1. The van der Waals surface area contributed by atoms with Crippen LogP contribution in [0.2, 0.25) is 0 Å². The van der Waals surface area contributed by atoms with E-state index in [1.54, 1.807) is 0 Å². The summed E-state index contributed by atoms with van der Waals surface area (Å²) in [6, 6.07) is 0. The molecule has 6 nitrogen and oxygen atoms in total. The van der Waals surface area contributed by atoms with Crippen LogP contribution in [0.1, 0.15) is 252 Å². The zero-order chi connectivity index (χ0) is 47.2. The van der Waals surface area contributed by atoms with Crippen LogP contribution in [0.25, 0.3) is 0 Å². The molecule has 0 fully saturated rings. The van der Waals surface area contributed by atoms with Crippen molar-refractivity contribution in [2.24, 2.45) is 0 Å². The Morgan fingerprint density at radius 1 is 0.323 bits per heavy atom. The molecule has 0 aromatic carbocycles. The number of carbonyl (C=O) groups is 3. The maximum absolute atomic E-state index is 12.8. The van der Waals surface area contributed by atoms with Crippen molar-refractivity contribution in [3.63, 3.8) is 0 Å². The molecule has 0 aliphatic rings. The summed E-state index contributed by atoms with van der Waals surface area (Å²) in [5, 5.41) is 0. The van der Waals surface area contributed by atoms with Crippen molar-refractivity contribution in [3.05, 3.63) is 85.1 Å². The van der Waals surface area contributed by atoms with Crippen LogP contribution in [-0.2, 0) is 28.6 Å². The molecule has 0 bridgehead atoms. The number of ether oxygens (including phenoxy) is 3. The minimum Gasteiger partial charge on any atom is -0.462 e. The Hall–Kier alpha value is -3.41. The van der Waals surface area contributed by atoms with Crippen LogP contribution >= 0.6 is 0 Å². The van der Waals surface area contributed by atoms with Crippen LogP contribution in [0.5, 0.6) is 0 Å². The molecule has 0 saturated heterocycles. The Balaban J connectivity index is 4.42. The highest BCUT2D eigenvalue weighted by Crippen LogP contribution is 2.14. The molecule has 0 heterocycles. The van der Waals surface area contributed by atoms with Crippen LogP contribution in [0.3, 0.4) is 0 Å². The Labute approximate surface area is 401 Å². The Morgan fingerprint density at radius 3 is 0.954 bits per heavy atom. The fourth-order valence-corrected chi connectivity index (χ4v) is 7.28. The first-order chi connectivity index (χ1) is 32.0. The van der Waals surface area contributed by atoms with Gasteiger partial charge in [0.15, 0.2) is 6.10 Å². The molecule has 0 aromatic heterocycles. The molecule has 372 valence electrons. The molecule has 0 rings (SSSR count). The number of allylic oxidation sites excluding steroid dienone is 14. The van der Waals surface area contributed by atoms with Gasteiger partial charge in [0.2, 0.25) is 0 Å². The third-order valence-electron chi connectivity index (χ3n) is 11.4. The van der Waals surface area contributed by atoms with Gasteiger partial charge in [0.05, 0.1) is 0 Å². The summed E-state index contributed by atoms with van der Waals surface area (Å²) in [7, 11) is 0. The largest absolute Gasteiger partial charge is 0.462 e. The van der Waals surface area contributed by atoms with Crippen molar-refractivity contribution in [1.82, 2.24) is 0 Å². The molecule has 0 radical (unpaired) electrons. The van der Waals surface area contributed by atoms with Crippen LogP contribution in [0.15, 0.2) is 85.1 Å². The van der Waals surface area contributed by atoms with Gasteiger partial charge in [-0.15, -0.1) is 0 Å². The predicted molar refractivity (Wildman–Crippen MR) is 279 cm³/mol. The number of unbranched alkanes of at least 4 members (excludes halogenated alkanes) is 23. The topological polar surface area (TPSA) is 78.9 Å². The Bertz CT molecular complexity index is 1270. The van der Waals surface area contributed by atoms with Crippen LogP contribution in [-0.4, -0.2) is 37.2 Å². The lowest BCUT2D eigenvalue weighted by molar-refractivity contribution is -0.167. The summed E-state index contributed by atoms with van der Waals surface area (Å²) in [6.45, 7) is 6.43. The van der Waals surface area contributed by atoms with E-state index in [0.29, 0.717) is 19.3 Å². The van der Waals surface area contributed by atoms with Gasteiger partial charge in [-0.25, -0.2) is 0 Å². The number of carbonyl (C=O) groups excluding carboxylic acids is 3. The molecular formula is C59H100O6. The summed E-state index contributed by atoms with van der Waals surface area (Å²) in [4.78, 5) is 38.0. The summed E-state index contributed by atoms with van der Waals surface area (Å²) >= 11 is 0. The third kappa shape index (κ3) is 51.4. The van der Waals surface area contributed by atoms with E-state index in [2.05, 4.69) is 106 Å². The van der Waals surface area contributed by atoms with Crippen molar-refractivity contribution < 1.29 is 28.6 Å². The van der Waals surface area contributed by atoms with E-state index in [1.165, 1.54) is 96.3 Å². The quantitative estimate of drug-likeness (QED) is 0.0262. The zero-order valence-electron chi connectivity index (χ0n) is 42.5. The normalized spacial score (nSPS) is 12.7. The van der Waals surface area contributed by atoms with Crippen molar-refractivity contribution in [3.8, 4) is 0 Å². The van der Waals surface area contributed by atoms with Crippen molar-refractivity contribution in [1.29, 1.82) is 0 Å². The van der Waals surface area contributed by atoms with E-state index in [-0.39, 0.29) is 31.1 Å². The van der Waals surface area contributed by atoms with Crippen LogP contribution in [0.4, 0.5) is 0 Å². The molecule has 0 N–H and O–H groups in total. The molecule has 0 spiro atoms. The molecule has 0 aromatic rings. The molecule has 65 heavy (non-hydrogen) atoms. The number of rotatable bonds is 48. The van der Waals surface area contributed by atoms with Crippen molar-refractivity contribution in [2.45, 2.75) is 258 Å². The van der Waals surface area contributed by atoms with Gasteiger partial charge in [-0.1, -0.05) is 202 Å². The fraction of sp³-hybridized carbons (Fsp3) is 0.712. The van der Waals surface area contributed by atoms with Gasteiger partial charge in [0.1, 0.15) is 13.2 Å². The third-order valence-corrected chi connectivity index (χ3v) is 11.4.